The molecule has 0 aromatic carbocycles. The van der Waals surface area contributed by atoms with Crippen LogP contribution in [0.1, 0.15) is 60.2 Å². The quantitative estimate of drug-likeness (QED) is 0.118. The Hall–Kier alpha value is -0.550. The number of halogens is 1. The van der Waals surface area contributed by atoms with Gasteiger partial charge >= 0.3 is 0 Å². The molecule has 0 bridgehead atoms. The molecule has 0 aliphatic carbocycles. The van der Waals surface area contributed by atoms with Crippen molar-refractivity contribution in [2.75, 3.05) is 32.5 Å². The first-order chi connectivity index (χ1) is 13.9. The van der Waals surface area contributed by atoms with Gasteiger partial charge in [0.2, 0.25) is 0 Å². The predicted molar refractivity (Wildman–Crippen MR) is 139 cm³/mol. The SMILES string of the molecule is CCNC(=NCCCc1nnc(SC)n1CC(C)C)NCCC(OCC)C(C)C.I. The number of ether oxygens (including phenoxy) is 1. The molecular formula is C21H43IN6OS. The van der Waals surface area contributed by atoms with Gasteiger partial charge in [-0.3, -0.25) is 4.99 Å². The molecule has 1 atom stereocenters. The van der Waals surface area contributed by atoms with Gasteiger partial charge in [0, 0.05) is 39.2 Å². The van der Waals surface area contributed by atoms with Crippen molar-refractivity contribution in [3.05, 3.63) is 5.82 Å². The van der Waals surface area contributed by atoms with Gasteiger partial charge in [-0.2, -0.15) is 0 Å². The van der Waals surface area contributed by atoms with Crippen molar-refractivity contribution in [1.82, 2.24) is 25.4 Å². The molecule has 0 fully saturated rings. The molecule has 0 saturated carbocycles. The van der Waals surface area contributed by atoms with Crippen LogP contribution in [0.5, 0.6) is 0 Å². The molecule has 0 spiro atoms. The average Bonchev–Trinajstić information content (AvgIpc) is 3.05. The first kappa shape index (κ1) is 29.5. The third-order valence-electron chi connectivity index (χ3n) is 4.54. The predicted octanol–water partition coefficient (Wildman–Crippen LogP) is 4.21. The maximum Gasteiger partial charge on any atom is 0.191 e. The van der Waals surface area contributed by atoms with Crippen LogP contribution in [0.4, 0.5) is 0 Å². The molecule has 7 nitrogen and oxygen atoms in total. The van der Waals surface area contributed by atoms with Crippen molar-refractivity contribution in [3.63, 3.8) is 0 Å². The minimum absolute atomic E-state index is 0. The van der Waals surface area contributed by atoms with Gasteiger partial charge < -0.3 is 19.9 Å². The Bertz CT molecular complexity index is 594. The van der Waals surface area contributed by atoms with Crippen LogP contribution in [0, 0.1) is 11.8 Å². The fourth-order valence-electron chi connectivity index (χ4n) is 3.13. The molecule has 1 heterocycles. The second-order valence-electron chi connectivity index (χ2n) is 7.92. The van der Waals surface area contributed by atoms with E-state index in [0.717, 1.165) is 69.0 Å². The summed E-state index contributed by atoms with van der Waals surface area (Å²) in [4.78, 5) is 4.72. The second kappa shape index (κ2) is 17.1. The zero-order valence-electron chi connectivity index (χ0n) is 19.9. The minimum atomic E-state index is 0. The summed E-state index contributed by atoms with van der Waals surface area (Å²) in [7, 11) is 0. The summed E-state index contributed by atoms with van der Waals surface area (Å²) in [5.41, 5.74) is 0. The van der Waals surface area contributed by atoms with Gasteiger partial charge in [0.15, 0.2) is 11.1 Å². The number of nitrogens with one attached hydrogen (secondary N) is 2. The zero-order valence-corrected chi connectivity index (χ0v) is 23.0. The number of hydrogen-bond donors (Lipinski definition) is 2. The van der Waals surface area contributed by atoms with Gasteiger partial charge in [-0.1, -0.05) is 39.5 Å². The van der Waals surface area contributed by atoms with Gasteiger partial charge in [-0.05, 0) is 44.8 Å². The maximum absolute atomic E-state index is 5.83. The Morgan fingerprint density at radius 1 is 1.17 bits per heavy atom. The Labute approximate surface area is 205 Å². The fraction of sp³-hybridized carbons (Fsp3) is 0.857. The molecule has 176 valence electrons. The number of rotatable bonds is 14. The van der Waals surface area contributed by atoms with Gasteiger partial charge in [0.1, 0.15) is 5.82 Å². The number of aromatic nitrogens is 3. The van der Waals surface area contributed by atoms with Crippen LogP contribution in [0.15, 0.2) is 10.1 Å². The van der Waals surface area contributed by atoms with Crippen LogP contribution in [0.3, 0.4) is 0 Å². The van der Waals surface area contributed by atoms with Crippen molar-refractivity contribution in [2.45, 2.75) is 78.6 Å². The second-order valence-corrected chi connectivity index (χ2v) is 8.70. The summed E-state index contributed by atoms with van der Waals surface area (Å²) in [6.07, 6.45) is 5.16. The Morgan fingerprint density at radius 2 is 1.90 bits per heavy atom. The Kier molecular flexibility index (Phi) is 16.7. The van der Waals surface area contributed by atoms with Crippen LogP contribution in [0.2, 0.25) is 0 Å². The molecule has 1 aromatic heterocycles. The first-order valence-electron chi connectivity index (χ1n) is 11.0. The highest BCUT2D eigenvalue weighted by Crippen LogP contribution is 2.16. The van der Waals surface area contributed by atoms with Gasteiger partial charge in [-0.25, -0.2) is 0 Å². The van der Waals surface area contributed by atoms with Crippen LogP contribution < -0.4 is 10.6 Å². The molecule has 1 unspecified atom stereocenters. The molecule has 0 aliphatic heterocycles. The average molecular weight is 555 g/mol. The highest BCUT2D eigenvalue weighted by Gasteiger charge is 2.14. The lowest BCUT2D eigenvalue weighted by molar-refractivity contribution is 0.0258. The van der Waals surface area contributed by atoms with Gasteiger partial charge in [0.05, 0.1) is 6.10 Å². The molecule has 30 heavy (non-hydrogen) atoms. The molecule has 2 N–H and O–H groups in total. The number of guanidine groups is 1. The van der Waals surface area contributed by atoms with E-state index in [9.17, 15) is 0 Å². The summed E-state index contributed by atoms with van der Waals surface area (Å²) in [6, 6.07) is 0. The minimum Gasteiger partial charge on any atom is -0.378 e. The van der Waals surface area contributed by atoms with Crippen molar-refractivity contribution < 1.29 is 4.74 Å². The van der Waals surface area contributed by atoms with Gasteiger partial charge in [0.25, 0.3) is 0 Å². The van der Waals surface area contributed by atoms with E-state index in [0.29, 0.717) is 11.8 Å². The number of aryl methyl sites for hydroxylation is 1. The van der Waals surface area contributed by atoms with E-state index in [-0.39, 0.29) is 30.1 Å². The Balaban J connectivity index is 0.00000841. The Morgan fingerprint density at radius 3 is 2.47 bits per heavy atom. The molecular weight excluding hydrogens is 511 g/mol. The van der Waals surface area contributed by atoms with E-state index in [1.165, 1.54) is 0 Å². The van der Waals surface area contributed by atoms with E-state index in [1.54, 1.807) is 11.8 Å². The summed E-state index contributed by atoms with van der Waals surface area (Å²) < 4.78 is 8.08. The highest BCUT2D eigenvalue weighted by molar-refractivity contribution is 14.0. The molecule has 0 aliphatic rings. The molecule has 9 heteroatoms. The van der Waals surface area contributed by atoms with Crippen molar-refractivity contribution in [3.8, 4) is 0 Å². The number of hydrogen-bond acceptors (Lipinski definition) is 5. The van der Waals surface area contributed by atoms with Crippen LogP contribution in [0.25, 0.3) is 0 Å². The topological polar surface area (TPSA) is 76.4 Å². The summed E-state index contributed by atoms with van der Waals surface area (Å²) in [6.45, 7) is 17.2. The normalized spacial score (nSPS) is 12.9. The first-order valence-corrected chi connectivity index (χ1v) is 12.2. The van der Waals surface area contributed by atoms with E-state index >= 15 is 0 Å². The van der Waals surface area contributed by atoms with Crippen LogP contribution >= 0.6 is 35.7 Å². The lowest BCUT2D eigenvalue weighted by Gasteiger charge is -2.21. The third-order valence-corrected chi connectivity index (χ3v) is 5.21. The molecule has 0 radical (unpaired) electrons. The van der Waals surface area contributed by atoms with E-state index in [1.807, 2.05) is 0 Å². The van der Waals surface area contributed by atoms with Crippen LogP contribution in [-0.4, -0.2) is 59.3 Å². The van der Waals surface area contributed by atoms with Crippen LogP contribution in [-0.2, 0) is 17.7 Å². The number of nitrogens with zero attached hydrogens (tertiary/aromatic N) is 4. The summed E-state index contributed by atoms with van der Waals surface area (Å²) in [5.74, 6) is 3.03. The lowest BCUT2D eigenvalue weighted by atomic mass is 10.0. The van der Waals surface area contributed by atoms with Crippen molar-refractivity contribution in [1.29, 1.82) is 0 Å². The van der Waals surface area contributed by atoms with E-state index in [2.05, 4.69) is 73.2 Å². The van der Waals surface area contributed by atoms with E-state index < -0.39 is 0 Å². The molecule has 1 aromatic rings. The largest absolute Gasteiger partial charge is 0.378 e. The molecule has 0 amide bonds. The maximum atomic E-state index is 5.83. The summed E-state index contributed by atoms with van der Waals surface area (Å²) in [5, 5.41) is 16.5. The fourth-order valence-corrected chi connectivity index (χ4v) is 3.65. The summed E-state index contributed by atoms with van der Waals surface area (Å²) >= 11 is 1.66. The number of aliphatic imine (C=N–C) groups is 1. The van der Waals surface area contributed by atoms with E-state index in [4.69, 9.17) is 9.73 Å². The van der Waals surface area contributed by atoms with Crippen molar-refractivity contribution >= 4 is 41.7 Å². The molecule has 1 rings (SSSR count). The van der Waals surface area contributed by atoms with Crippen molar-refractivity contribution in [2.24, 2.45) is 16.8 Å². The van der Waals surface area contributed by atoms with Gasteiger partial charge in [-0.15, -0.1) is 34.2 Å². The monoisotopic (exact) mass is 554 g/mol. The zero-order chi connectivity index (χ0) is 21.6. The molecule has 0 saturated heterocycles. The standard InChI is InChI=1S/C21H42N6OS.HI/c1-8-22-20(24-14-12-18(17(5)6)28-9-2)23-13-10-11-19-25-26-21(29-7)27(19)15-16(3)4;/h16-18H,8-15H2,1-7H3,(H2,22,23,24);1H. The number of thioether (sulfide) groups is 1. The smallest absolute Gasteiger partial charge is 0.191 e. The highest BCUT2D eigenvalue weighted by atomic mass is 127. The lowest BCUT2D eigenvalue weighted by Crippen LogP contribution is -2.39. The third kappa shape index (κ3) is 11.2.